The van der Waals surface area contributed by atoms with Crippen LogP contribution in [-0.4, -0.2) is 23.2 Å². The summed E-state index contributed by atoms with van der Waals surface area (Å²) in [4.78, 5) is 12.4. The molecule has 0 aliphatic rings. The number of ether oxygens (including phenoxy) is 2. The summed E-state index contributed by atoms with van der Waals surface area (Å²) in [7, 11) is 0. The van der Waals surface area contributed by atoms with Crippen molar-refractivity contribution in [2.24, 2.45) is 5.92 Å². The van der Waals surface area contributed by atoms with Crippen LogP contribution in [0, 0.1) is 12.8 Å². The summed E-state index contributed by atoms with van der Waals surface area (Å²) in [5.41, 5.74) is 2.65. The van der Waals surface area contributed by atoms with E-state index in [1.807, 2.05) is 45.9 Å². The van der Waals surface area contributed by atoms with Gasteiger partial charge in [0, 0.05) is 23.1 Å². The summed E-state index contributed by atoms with van der Waals surface area (Å²) < 4.78 is 13.2. The lowest BCUT2D eigenvalue weighted by atomic mass is 10.1. The number of carbonyl (C=O) groups is 1. The molecule has 23 heavy (non-hydrogen) atoms. The number of benzene rings is 1. The molecule has 2 aromatic rings. The molecule has 0 spiro atoms. The molecule has 0 amide bonds. The van der Waals surface area contributed by atoms with Crippen molar-refractivity contribution in [1.82, 2.24) is 4.57 Å². The van der Waals surface area contributed by atoms with Crippen LogP contribution in [0.4, 0.5) is 0 Å². The fraction of sp³-hybridized carbons (Fsp3) is 0.526. The van der Waals surface area contributed by atoms with Crippen molar-refractivity contribution in [1.29, 1.82) is 0 Å². The highest BCUT2D eigenvalue weighted by Crippen LogP contribution is 2.31. The van der Waals surface area contributed by atoms with E-state index in [4.69, 9.17) is 9.47 Å². The van der Waals surface area contributed by atoms with E-state index < -0.39 is 0 Å². The van der Waals surface area contributed by atoms with Crippen molar-refractivity contribution in [2.75, 3.05) is 6.61 Å². The fourth-order valence-electron chi connectivity index (χ4n) is 2.87. The third-order valence-corrected chi connectivity index (χ3v) is 3.69. The Bertz CT molecular complexity index is 698. The maximum absolute atomic E-state index is 12.4. The van der Waals surface area contributed by atoms with E-state index in [0.717, 1.165) is 28.9 Å². The third kappa shape index (κ3) is 3.69. The number of nitrogens with zero attached hydrogens (tertiary/aromatic N) is 1. The molecule has 0 fully saturated rings. The first kappa shape index (κ1) is 17.4. The van der Waals surface area contributed by atoms with Crippen molar-refractivity contribution in [3.63, 3.8) is 0 Å². The van der Waals surface area contributed by atoms with Crippen LogP contribution in [0.15, 0.2) is 18.2 Å². The van der Waals surface area contributed by atoms with E-state index in [2.05, 4.69) is 18.4 Å². The van der Waals surface area contributed by atoms with Crippen LogP contribution >= 0.6 is 0 Å². The quantitative estimate of drug-likeness (QED) is 0.733. The van der Waals surface area contributed by atoms with Crippen molar-refractivity contribution in [3.05, 3.63) is 29.5 Å². The van der Waals surface area contributed by atoms with Gasteiger partial charge < -0.3 is 14.0 Å². The second-order valence-electron chi connectivity index (χ2n) is 6.53. The Hall–Kier alpha value is -1.97. The van der Waals surface area contributed by atoms with Crippen LogP contribution in [0.25, 0.3) is 10.9 Å². The Morgan fingerprint density at radius 2 is 1.91 bits per heavy atom. The second kappa shape index (κ2) is 7.07. The molecule has 1 heterocycles. The Labute approximate surface area is 138 Å². The molecule has 1 aromatic heterocycles. The molecule has 0 aliphatic heterocycles. The Morgan fingerprint density at radius 3 is 2.48 bits per heavy atom. The van der Waals surface area contributed by atoms with Gasteiger partial charge in [-0.2, -0.15) is 0 Å². The number of rotatable bonds is 6. The van der Waals surface area contributed by atoms with Gasteiger partial charge >= 0.3 is 5.97 Å². The molecule has 0 atom stereocenters. The van der Waals surface area contributed by atoms with Crippen molar-refractivity contribution < 1.29 is 14.3 Å². The molecule has 0 N–H and O–H groups in total. The lowest BCUT2D eigenvalue weighted by Gasteiger charge is -2.12. The van der Waals surface area contributed by atoms with E-state index >= 15 is 0 Å². The number of aromatic nitrogens is 1. The first-order valence-electron chi connectivity index (χ1n) is 8.31. The smallest absolute Gasteiger partial charge is 0.340 e. The molecule has 4 nitrogen and oxygen atoms in total. The van der Waals surface area contributed by atoms with Crippen LogP contribution in [-0.2, 0) is 11.3 Å². The largest absolute Gasteiger partial charge is 0.491 e. The lowest BCUT2D eigenvalue weighted by molar-refractivity contribution is 0.0527. The highest BCUT2D eigenvalue weighted by atomic mass is 16.5. The molecule has 126 valence electrons. The SMILES string of the molecule is CCOC(=O)c1c(C)n(CC(C)C)c2ccc(OC(C)C)cc12. The molecule has 2 rings (SSSR count). The molecule has 0 bridgehead atoms. The van der Waals surface area contributed by atoms with Gasteiger partial charge in [0.1, 0.15) is 5.75 Å². The van der Waals surface area contributed by atoms with Crippen LogP contribution in [0.3, 0.4) is 0 Å². The van der Waals surface area contributed by atoms with Crippen molar-refractivity contribution in [2.45, 2.75) is 54.2 Å². The summed E-state index contributed by atoms with van der Waals surface area (Å²) in [6.45, 7) is 13.4. The number of carbonyl (C=O) groups excluding carboxylic acids is 1. The normalized spacial score (nSPS) is 11.5. The molecule has 0 unspecified atom stereocenters. The van der Waals surface area contributed by atoms with Gasteiger partial charge in [0.05, 0.1) is 18.3 Å². The maximum atomic E-state index is 12.4. The number of hydrogen-bond acceptors (Lipinski definition) is 3. The standard InChI is InChI=1S/C19H27NO3/c1-7-22-19(21)18-14(6)20(11-12(2)3)17-9-8-15(10-16(17)18)23-13(4)5/h8-10,12-13H,7,11H2,1-6H3. The summed E-state index contributed by atoms with van der Waals surface area (Å²) in [5, 5.41) is 0.903. The zero-order chi connectivity index (χ0) is 17.1. The van der Waals surface area contributed by atoms with Gasteiger partial charge in [-0.05, 0) is 51.8 Å². The van der Waals surface area contributed by atoms with Gasteiger partial charge in [-0.1, -0.05) is 13.8 Å². The van der Waals surface area contributed by atoms with Gasteiger partial charge in [-0.3, -0.25) is 0 Å². The zero-order valence-corrected chi connectivity index (χ0v) is 15.0. The lowest BCUT2D eigenvalue weighted by Crippen LogP contribution is -2.09. The average Bonchev–Trinajstić information content (AvgIpc) is 2.70. The Kier molecular flexibility index (Phi) is 5.34. The van der Waals surface area contributed by atoms with Crippen LogP contribution in [0.5, 0.6) is 5.75 Å². The molecule has 4 heteroatoms. The Morgan fingerprint density at radius 1 is 1.22 bits per heavy atom. The van der Waals surface area contributed by atoms with Gasteiger partial charge in [-0.25, -0.2) is 4.79 Å². The molecule has 1 aromatic carbocycles. The molecule has 0 radical (unpaired) electrons. The summed E-state index contributed by atoms with van der Waals surface area (Å²) >= 11 is 0. The highest BCUT2D eigenvalue weighted by Gasteiger charge is 2.22. The molecular formula is C19H27NO3. The third-order valence-electron chi connectivity index (χ3n) is 3.69. The predicted molar refractivity (Wildman–Crippen MR) is 93.2 cm³/mol. The van der Waals surface area contributed by atoms with Gasteiger partial charge in [0.25, 0.3) is 0 Å². The van der Waals surface area contributed by atoms with E-state index in [1.54, 1.807) is 0 Å². The summed E-state index contributed by atoms with van der Waals surface area (Å²) in [6, 6.07) is 5.95. The van der Waals surface area contributed by atoms with Crippen molar-refractivity contribution >= 4 is 16.9 Å². The first-order valence-corrected chi connectivity index (χ1v) is 8.31. The number of fused-ring (bicyclic) bond motifs is 1. The van der Waals surface area contributed by atoms with Gasteiger partial charge in [0.15, 0.2) is 0 Å². The van der Waals surface area contributed by atoms with E-state index in [1.165, 1.54) is 0 Å². The van der Waals surface area contributed by atoms with E-state index in [-0.39, 0.29) is 12.1 Å². The Balaban J connectivity index is 2.63. The molecular weight excluding hydrogens is 290 g/mol. The molecule has 0 aliphatic carbocycles. The maximum Gasteiger partial charge on any atom is 0.340 e. The van der Waals surface area contributed by atoms with Gasteiger partial charge in [-0.15, -0.1) is 0 Å². The van der Waals surface area contributed by atoms with Crippen molar-refractivity contribution in [3.8, 4) is 5.75 Å². The minimum atomic E-state index is -0.265. The van der Waals surface area contributed by atoms with Crippen LogP contribution < -0.4 is 4.74 Å². The van der Waals surface area contributed by atoms with Gasteiger partial charge in [0.2, 0.25) is 0 Å². The summed E-state index contributed by atoms with van der Waals surface area (Å²) in [6.07, 6.45) is 0.0948. The van der Waals surface area contributed by atoms with Crippen LogP contribution in [0.2, 0.25) is 0 Å². The first-order chi connectivity index (χ1) is 10.8. The fourth-order valence-corrected chi connectivity index (χ4v) is 2.87. The predicted octanol–water partition coefficient (Wildman–Crippen LogP) is 4.57. The highest BCUT2D eigenvalue weighted by molar-refractivity contribution is 6.06. The topological polar surface area (TPSA) is 40.5 Å². The minimum Gasteiger partial charge on any atom is -0.491 e. The van der Waals surface area contributed by atoms with Crippen LogP contribution in [0.1, 0.15) is 50.7 Å². The second-order valence-corrected chi connectivity index (χ2v) is 6.53. The average molecular weight is 317 g/mol. The molecule has 0 saturated carbocycles. The monoisotopic (exact) mass is 317 g/mol. The minimum absolute atomic E-state index is 0.0948. The molecule has 0 saturated heterocycles. The van der Waals surface area contributed by atoms with E-state index in [9.17, 15) is 4.79 Å². The number of esters is 1. The summed E-state index contributed by atoms with van der Waals surface area (Å²) in [5.74, 6) is 1.00. The van der Waals surface area contributed by atoms with E-state index in [0.29, 0.717) is 18.1 Å². The number of hydrogen-bond donors (Lipinski definition) is 0. The zero-order valence-electron chi connectivity index (χ0n) is 15.0.